The van der Waals surface area contributed by atoms with E-state index >= 15 is 0 Å². The summed E-state index contributed by atoms with van der Waals surface area (Å²) in [6, 6.07) is 8.21. The van der Waals surface area contributed by atoms with Crippen molar-refractivity contribution in [2.75, 3.05) is 7.11 Å². The zero-order valence-corrected chi connectivity index (χ0v) is 11.5. The standard InChI is InChI=1S/C14H9BrF2O2/c1-19-12-7-8(15)5-6-9(12)14(18)10-3-2-4-11(16)13(10)17/h2-7H,1H3. The monoisotopic (exact) mass is 326 g/mol. The third kappa shape index (κ3) is 2.66. The largest absolute Gasteiger partial charge is 0.496 e. The maximum absolute atomic E-state index is 13.6. The van der Waals surface area contributed by atoms with Gasteiger partial charge in [0.05, 0.1) is 18.2 Å². The van der Waals surface area contributed by atoms with Gasteiger partial charge < -0.3 is 4.74 Å². The summed E-state index contributed by atoms with van der Waals surface area (Å²) in [5.74, 6) is -2.54. The van der Waals surface area contributed by atoms with Gasteiger partial charge >= 0.3 is 0 Å². The Morgan fingerprint density at radius 2 is 1.89 bits per heavy atom. The smallest absolute Gasteiger partial charge is 0.199 e. The molecule has 0 N–H and O–H groups in total. The van der Waals surface area contributed by atoms with E-state index in [-0.39, 0.29) is 11.1 Å². The molecule has 0 radical (unpaired) electrons. The van der Waals surface area contributed by atoms with Crippen LogP contribution in [0.3, 0.4) is 0 Å². The number of hydrogen-bond donors (Lipinski definition) is 0. The SMILES string of the molecule is COc1cc(Br)ccc1C(=O)c1cccc(F)c1F. The minimum Gasteiger partial charge on any atom is -0.496 e. The Labute approximate surface area is 117 Å². The van der Waals surface area contributed by atoms with Crippen LogP contribution in [0.2, 0.25) is 0 Å². The number of hydrogen-bond acceptors (Lipinski definition) is 2. The van der Waals surface area contributed by atoms with Gasteiger partial charge in [0.2, 0.25) is 0 Å². The Balaban J connectivity index is 2.53. The lowest BCUT2D eigenvalue weighted by molar-refractivity contribution is 0.103. The van der Waals surface area contributed by atoms with E-state index < -0.39 is 17.4 Å². The molecular weight excluding hydrogens is 318 g/mol. The summed E-state index contributed by atoms with van der Waals surface area (Å²) in [7, 11) is 1.40. The van der Waals surface area contributed by atoms with Gasteiger partial charge in [0, 0.05) is 4.47 Å². The molecule has 2 nitrogen and oxygen atoms in total. The molecule has 0 heterocycles. The fraction of sp³-hybridized carbons (Fsp3) is 0.0714. The second-order valence-electron chi connectivity index (χ2n) is 3.78. The van der Waals surface area contributed by atoms with Gasteiger partial charge in [-0.15, -0.1) is 0 Å². The fourth-order valence-corrected chi connectivity index (χ4v) is 2.02. The average molecular weight is 327 g/mol. The molecule has 2 aromatic rings. The number of ether oxygens (including phenoxy) is 1. The van der Waals surface area contributed by atoms with Gasteiger partial charge in [-0.05, 0) is 30.3 Å². The Morgan fingerprint density at radius 3 is 2.58 bits per heavy atom. The molecule has 2 rings (SSSR count). The molecule has 0 atom stereocenters. The summed E-state index contributed by atoms with van der Waals surface area (Å²) in [5.41, 5.74) is -0.143. The van der Waals surface area contributed by atoms with Gasteiger partial charge in [0.1, 0.15) is 5.75 Å². The maximum Gasteiger partial charge on any atom is 0.199 e. The molecule has 0 saturated carbocycles. The molecule has 0 saturated heterocycles. The lowest BCUT2D eigenvalue weighted by Gasteiger charge is -2.09. The molecule has 0 fully saturated rings. The first-order valence-corrected chi connectivity index (χ1v) is 6.16. The van der Waals surface area contributed by atoms with Crippen LogP contribution in [0.15, 0.2) is 40.9 Å². The topological polar surface area (TPSA) is 26.3 Å². The van der Waals surface area contributed by atoms with E-state index in [0.29, 0.717) is 5.75 Å². The summed E-state index contributed by atoms with van der Waals surface area (Å²) < 4.78 is 32.5. The van der Waals surface area contributed by atoms with E-state index in [9.17, 15) is 13.6 Å². The van der Waals surface area contributed by atoms with Crippen molar-refractivity contribution in [3.63, 3.8) is 0 Å². The van der Waals surface area contributed by atoms with Crippen molar-refractivity contribution in [2.45, 2.75) is 0 Å². The molecular formula is C14H9BrF2O2. The molecule has 2 aromatic carbocycles. The van der Waals surface area contributed by atoms with E-state index in [1.165, 1.54) is 25.3 Å². The van der Waals surface area contributed by atoms with Crippen LogP contribution in [0.1, 0.15) is 15.9 Å². The molecule has 0 unspecified atom stereocenters. The number of carbonyl (C=O) groups excluding carboxylic acids is 1. The Hall–Kier alpha value is -1.75. The summed E-state index contributed by atoms with van der Waals surface area (Å²) >= 11 is 3.24. The maximum atomic E-state index is 13.6. The van der Waals surface area contributed by atoms with Crippen molar-refractivity contribution >= 4 is 21.7 Å². The van der Waals surface area contributed by atoms with Crippen molar-refractivity contribution in [3.05, 3.63) is 63.6 Å². The predicted octanol–water partition coefficient (Wildman–Crippen LogP) is 3.97. The number of benzene rings is 2. The summed E-state index contributed by atoms with van der Waals surface area (Å²) in [4.78, 5) is 12.2. The summed E-state index contributed by atoms with van der Waals surface area (Å²) in [6.45, 7) is 0. The normalized spacial score (nSPS) is 10.3. The molecule has 5 heteroatoms. The number of rotatable bonds is 3. The van der Waals surface area contributed by atoms with Crippen molar-refractivity contribution in [1.82, 2.24) is 0 Å². The minimum atomic E-state index is -1.16. The predicted molar refractivity (Wildman–Crippen MR) is 70.5 cm³/mol. The van der Waals surface area contributed by atoms with Gasteiger partial charge in [-0.25, -0.2) is 8.78 Å². The third-order valence-electron chi connectivity index (χ3n) is 2.60. The Morgan fingerprint density at radius 1 is 1.16 bits per heavy atom. The highest BCUT2D eigenvalue weighted by atomic mass is 79.9. The molecule has 19 heavy (non-hydrogen) atoms. The van der Waals surface area contributed by atoms with Crippen LogP contribution >= 0.6 is 15.9 Å². The number of methoxy groups -OCH3 is 1. The van der Waals surface area contributed by atoms with Gasteiger partial charge in [-0.3, -0.25) is 4.79 Å². The second-order valence-corrected chi connectivity index (χ2v) is 4.69. The lowest BCUT2D eigenvalue weighted by atomic mass is 10.0. The molecule has 0 aliphatic heterocycles. The highest BCUT2D eigenvalue weighted by molar-refractivity contribution is 9.10. The van der Waals surface area contributed by atoms with E-state index in [4.69, 9.17) is 4.74 Å². The molecule has 0 aliphatic carbocycles. The van der Waals surface area contributed by atoms with Crippen LogP contribution in [-0.4, -0.2) is 12.9 Å². The summed E-state index contributed by atoms with van der Waals surface area (Å²) in [6.07, 6.45) is 0. The molecule has 0 spiro atoms. The molecule has 0 aliphatic rings. The molecule has 0 aromatic heterocycles. The van der Waals surface area contributed by atoms with E-state index in [0.717, 1.165) is 10.5 Å². The highest BCUT2D eigenvalue weighted by Crippen LogP contribution is 2.26. The fourth-order valence-electron chi connectivity index (χ4n) is 1.68. The van der Waals surface area contributed by atoms with Crippen LogP contribution in [-0.2, 0) is 0 Å². The average Bonchev–Trinajstić information content (AvgIpc) is 2.41. The highest BCUT2D eigenvalue weighted by Gasteiger charge is 2.20. The molecule has 0 amide bonds. The number of ketones is 1. The van der Waals surface area contributed by atoms with Crippen LogP contribution in [0, 0.1) is 11.6 Å². The first-order valence-electron chi connectivity index (χ1n) is 5.37. The molecule has 98 valence electrons. The number of halogens is 3. The zero-order valence-electron chi connectivity index (χ0n) is 9.91. The zero-order chi connectivity index (χ0) is 14.0. The lowest BCUT2D eigenvalue weighted by Crippen LogP contribution is -2.07. The Bertz CT molecular complexity index is 641. The van der Waals surface area contributed by atoms with Gasteiger partial charge in [0.25, 0.3) is 0 Å². The van der Waals surface area contributed by atoms with E-state index in [1.54, 1.807) is 12.1 Å². The first kappa shape index (κ1) is 13.7. The van der Waals surface area contributed by atoms with E-state index in [2.05, 4.69) is 15.9 Å². The van der Waals surface area contributed by atoms with Crippen molar-refractivity contribution in [3.8, 4) is 5.75 Å². The van der Waals surface area contributed by atoms with Gasteiger partial charge in [0.15, 0.2) is 17.4 Å². The van der Waals surface area contributed by atoms with Crippen molar-refractivity contribution in [1.29, 1.82) is 0 Å². The van der Waals surface area contributed by atoms with Crippen LogP contribution in [0.5, 0.6) is 5.75 Å². The van der Waals surface area contributed by atoms with Crippen LogP contribution in [0.25, 0.3) is 0 Å². The first-order chi connectivity index (χ1) is 9.04. The van der Waals surface area contributed by atoms with Gasteiger partial charge in [-0.2, -0.15) is 0 Å². The minimum absolute atomic E-state index is 0.176. The van der Waals surface area contributed by atoms with Crippen molar-refractivity contribution in [2.24, 2.45) is 0 Å². The quantitative estimate of drug-likeness (QED) is 0.798. The van der Waals surface area contributed by atoms with Crippen molar-refractivity contribution < 1.29 is 18.3 Å². The van der Waals surface area contributed by atoms with Crippen LogP contribution < -0.4 is 4.74 Å². The van der Waals surface area contributed by atoms with Gasteiger partial charge in [-0.1, -0.05) is 22.0 Å². The molecule has 0 bridgehead atoms. The summed E-state index contributed by atoms with van der Waals surface area (Å²) in [5, 5.41) is 0. The second kappa shape index (κ2) is 5.48. The van der Waals surface area contributed by atoms with Crippen LogP contribution in [0.4, 0.5) is 8.78 Å². The Kier molecular flexibility index (Phi) is 3.95. The number of carbonyl (C=O) groups is 1. The third-order valence-corrected chi connectivity index (χ3v) is 3.10. The van der Waals surface area contributed by atoms with E-state index in [1.807, 2.05) is 0 Å².